The molecule has 4 N–H and O–H groups in total. The number of carbonyl (C=O) groups is 3. The van der Waals surface area contributed by atoms with Crippen LogP contribution >= 0.6 is 0 Å². The Labute approximate surface area is 176 Å². The maximum Gasteiger partial charge on any atom is 0.335 e. The number of benzene rings is 1. The molecule has 1 amide bonds. The molecule has 0 aromatic heterocycles. The van der Waals surface area contributed by atoms with Crippen LogP contribution in [0.25, 0.3) is 0 Å². The number of carboxylic acid groups (broad SMARTS) is 2. The molecule has 3 rings (SSSR count). The second kappa shape index (κ2) is 10.4. The lowest BCUT2D eigenvalue weighted by Gasteiger charge is -2.19. The van der Waals surface area contributed by atoms with E-state index in [1.807, 2.05) is 0 Å². The summed E-state index contributed by atoms with van der Waals surface area (Å²) in [7, 11) is 0. The van der Waals surface area contributed by atoms with Crippen LogP contribution in [-0.2, 0) is 4.79 Å². The standard InChI is InChI=1S/C22H30N2O6/c25-20(24-16-7-5-3-1-2-4-6-8-16)14-9-15(21(26)27)11-17(10-14)30-18-12-19(22(28)29)23-13-18/h9-11,16,18-19,23H,1-8,12-13H2,(H,24,25)(H,26,27)(H,28,29)/t18-,19-/m0/s1. The second-order valence-corrected chi connectivity index (χ2v) is 8.19. The minimum Gasteiger partial charge on any atom is -0.489 e. The van der Waals surface area contributed by atoms with Crippen LogP contribution in [0.4, 0.5) is 0 Å². The van der Waals surface area contributed by atoms with E-state index in [-0.39, 0.29) is 35.2 Å². The number of nitrogens with one attached hydrogen (secondary N) is 2. The summed E-state index contributed by atoms with van der Waals surface area (Å²) in [6, 6.07) is 3.65. The number of carbonyl (C=O) groups excluding carboxylic acids is 1. The summed E-state index contributed by atoms with van der Waals surface area (Å²) >= 11 is 0. The molecule has 0 bridgehead atoms. The molecule has 30 heavy (non-hydrogen) atoms. The highest BCUT2D eigenvalue weighted by Gasteiger charge is 2.30. The molecule has 1 aliphatic carbocycles. The van der Waals surface area contributed by atoms with Crippen molar-refractivity contribution in [1.29, 1.82) is 0 Å². The van der Waals surface area contributed by atoms with Crippen molar-refractivity contribution >= 4 is 17.8 Å². The fourth-order valence-electron chi connectivity index (χ4n) is 4.14. The zero-order valence-corrected chi connectivity index (χ0v) is 17.1. The molecule has 0 unspecified atom stereocenters. The zero-order chi connectivity index (χ0) is 21.5. The topological polar surface area (TPSA) is 125 Å². The van der Waals surface area contributed by atoms with Gasteiger partial charge in [-0.2, -0.15) is 0 Å². The molecule has 1 aromatic carbocycles. The number of rotatable bonds is 6. The lowest BCUT2D eigenvalue weighted by molar-refractivity contribution is -0.139. The SMILES string of the molecule is O=C(O)c1cc(O[C@@H]2CN[C@H](C(=O)O)C2)cc(C(=O)NC2CCCCCCCC2)c1. The fraction of sp³-hybridized carbons (Fsp3) is 0.591. The van der Waals surface area contributed by atoms with E-state index in [1.165, 1.54) is 43.9 Å². The number of ether oxygens (including phenoxy) is 1. The van der Waals surface area contributed by atoms with E-state index >= 15 is 0 Å². The molecule has 2 aliphatic rings. The van der Waals surface area contributed by atoms with Crippen molar-refractivity contribution in [3.8, 4) is 5.75 Å². The first-order chi connectivity index (χ1) is 14.4. The average Bonchev–Trinajstić information content (AvgIpc) is 3.21. The maximum atomic E-state index is 12.9. The summed E-state index contributed by atoms with van der Waals surface area (Å²) in [4.78, 5) is 35.5. The number of amides is 1. The van der Waals surface area contributed by atoms with Crippen molar-refractivity contribution in [3.63, 3.8) is 0 Å². The third kappa shape index (κ3) is 6.19. The van der Waals surface area contributed by atoms with Gasteiger partial charge in [-0.25, -0.2) is 4.79 Å². The molecule has 2 atom stereocenters. The lowest BCUT2D eigenvalue weighted by Crippen LogP contribution is -2.35. The normalized spacial score (nSPS) is 23.1. The molecule has 1 aliphatic heterocycles. The summed E-state index contributed by atoms with van der Waals surface area (Å²) < 4.78 is 5.81. The van der Waals surface area contributed by atoms with E-state index in [0.29, 0.717) is 6.54 Å². The Balaban J connectivity index is 1.70. The van der Waals surface area contributed by atoms with Gasteiger partial charge in [-0.15, -0.1) is 0 Å². The predicted molar refractivity (Wildman–Crippen MR) is 110 cm³/mol. The van der Waals surface area contributed by atoms with E-state index < -0.39 is 24.1 Å². The number of carboxylic acids is 2. The number of hydrogen-bond acceptors (Lipinski definition) is 5. The Bertz CT molecular complexity index is 771. The quantitative estimate of drug-likeness (QED) is 0.560. The van der Waals surface area contributed by atoms with E-state index in [2.05, 4.69) is 10.6 Å². The molecule has 1 heterocycles. The van der Waals surface area contributed by atoms with E-state index in [4.69, 9.17) is 9.84 Å². The van der Waals surface area contributed by atoms with Crippen molar-refractivity contribution in [2.45, 2.75) is 76.0 Å². The first kappa shape index (κ1) is 22.1. The van der Waals surface area contributed by atoms with Crippen LogP contribution in [0.1, 0.15) is 78.5 Å². The molecule has 8 nitrogen and oxygen atoms in total. The predicted octanol–water partition coefficient (Wildman–Crippen LogP) is 2.81. The van der Waals surface area contributed by atoms with Gasteiger partial charge in [-0.3, -0.25) is 9.59 Å². The van der Waals surface area contributed by atoms with Crippen LogP contribution in [0, 0.1) is 0 Å². The first-order valence-electron chi connectivity index (χ1n) is 10.7. The minimum atomic E-state index is -1.15. The lowest BCUT2D eigenvalue weighted by atomic mass is 10.0. The minimum absolute atomic E-state index is 0.0344. The smallest absolute Gasteiger partial charge is 0.335 e. The summed E-state index contributed by atoms with van der Waals surface area (Å²) in [5.41, 5.74) is 0.207. The van der Waals surface area contributed by atoms with Gasteiger partial charge in [0.25, 0.3) is 5.91 Å². The largest absolute Gasteiger partial charge is 0.489 e. The van der Waals surface area contributed by atoms with Gasteiger partial charge in [-0.1, -0.05) is 38.5 Å². The van der Waals surface area contributed by atoms with Crippen LogP contribution in [0.2, 0.25) is 0 Å². The third-order valence-electron chi connectivity index (χ3n) is 5.80. The van der Waals surface area contributed by atoms with Gasteiger partial charge < -0.3 is 25.6 Å². The molecule has 1 saturated carbocycles. The fourth-order valence-corrected chi connectivity index (χ4v) is 4.14. The van der Waals surface area contributed by atoms with Crippen LogP contribution in [0.15, 0.2) is 18.2 Å². The number of aliphatic carboxylic acids is 1. The van der Waals surface area contributed by atoms with Crippen LogP contribution in [0.5, 0.6) is 5.75 Å². The van der Waals surface area contributed by atoms with Gasteiger partial charge in [0.05, 0.1) is 5.56 Å². The Hall–Kier alpha value is -2.61. The van der Waals surface area contributed by atoms with Gasteiger partial charge in [0.2, 0.25) is 0 Å². The molecule has 2 fully saturated rings. The molecule has 0 spiro atoms. The van der Waals surface area contributed by atoms with Gasteiger partial charge in [-0.05, 0) is 31.0 Å². The summed E-state index contributed by atoms with van der Waals surface area (Å²) in [5.74, 6) is -2.15. The molecule has 0 radical (unpaired) electrons. The molecular weight excluding hydrogens is 388 g/mol. The summed E-state index contributed by atoms with van der Waals surface area (Å²) in [6.07, 6.45) is 8.70. The van der Waals surface area contributed by atoms with Crippen LogP contribution in [-0.4, -0.2) is 52.8 Å². The van der Waals surface area contributed by atoms with Crippen molar-refractivity contribution in [1.82, 2.24) is 10.6 Å². The summed E-state index contributed by atoms with van der Waals surface area (Å²) in [5, 5.41) is 24.4. The summed E-state index contributed by atoms with van der Waals surface area (Å²) in [6.45, 7) is 0.345. The molecule has 8 heteroatoms. The van der Waals surface area contributed by atoms with Gasteiger partial charge in [0, 0.05) is 24.6 Å². The number of aromatic carboxylic acids is 1. The van der Waals surface area contributed by atoms with E-state index in [1.54, 1.807) is 0 Å². The Morgan fingerprint density at radius 1 is 0.933 bits per heavy atom. The Morgan fingerprint density at radius 2 is 1.57 bits per heavy atom. The van der Waals surface area contributed by atoms with Crippen molar-refractivity contribution in [2.24, 2.45) is 0 Å². The molecular formula is C22H30N2O6. The Morgan fingerprint density at radius 3 is 2.17 bits per heavy atom. The van der Waals surface area contributed by atoms with Gasteiger partial charge >= 0.3 is 11.9 Å². The molecule has 164 valence electrons. The van der Waals surface area contributed by atoms with Gasteiger partial charge in [0.15, 0.2) is 0 Å². The van der Waals surface area contributed by atoms with Crippen molar-refractivity contribution in [2.75, 3.05) is 6.54 Å². The zero-order valence-electron chi connectivity index (χ0n) is 17.1. The highest BCUT2D eigenvalue weighted by molar-refractivity contribution is 5.98. The molecule has 1 aromatic rings. The number of hydrogen-bond donors (Lipinski definition) is 4. The molecule has 1 saturated heterocycles. The van der Waals surface area contributed by atoms with Gasteiger partial charge in [0.1, 0.15) is 17.9 Å². The highest BCUT2D eigenvalue weighted by Crippen LogP contribution is 2.23. The van der Waals surface area contributed by atoms with Crippen molar-refractivity contribution < 1.29 is 29.3 Å². The van der Waals surface area contributed by atoms with Crippen molar-refractivity contribution in [3.05, 3.63) is 29.3 Å². The second-order valence-electron chi connectivity index (χ2n) is 8.19. The Kier molecular flexibility index (Phi) is 7.68. The van der Waals surface area contributed by atoms with Crippen LogP contribution in [0.3, 0.4) is 0 Å². The first-order valence-corrected chi connectivity index (χ1v) is 10.7. The average molecular weight is 418 g/mol. The monoisotopic (exact) mass is 418 g/mol. The highest BCUT2D eigenvalue weighted by atomic mass is 16.5. The maximum absolute atomic E-state index is 12.9. The van der Waals surface area contributed by atoms with E-state index in [0.717, 1.165) is 25.7 Å². The van der Waals surface area contributed by atoms with E-state index in [9.17, 15) is 19.5 Å². The van der Waals surface area contributed by atoms with Crippen LogP contribution < -0.4 is 15.4 Å². The third-order valence-corrected chi connectivity index (χ3v) is 5.80.